The van der Waals surface area contributed by atoms with Crippen molar-refractivity contribution in [1.29, 1.82) is 0 Å². The summed E-state index contributed by atoms with van der Waals surface area (Å²) < 4.78 is 7.43. The quantitative estimate of drug-likeness (QED) is 0.580. The van der Waals surface area contributed by atoms with Gasteiger partial charge in [0.15, 0.2) is 4.96 Å². The fourth-order valence-electron chi connectivity index (χ4n) is 2.56. The molecule has 1 aliphatic rings. The number of rotatable bonds is 4. The summed E-state index contributed by atoms with van der Waals surface area (Å²) in [4.78, 5) is 30.9. The van der Waals surface area contributed by atoms with Gasteiger partial charge in [0.1, 0.15) is 10.9 Å². The molecule has 3 heterocycles. The third kappa shape index (κ3) is 4.80. The molecule has 0 atom stereocenters. The second-order valence-corrected chi connectivity index (χ2v) is 8.51. The van der Waals surface area contributed by atoms with E-state index in [4.69, 9.17) is 17.0 Å². The van der Waals surface area contributed by atoms with Gasteiger partial charge in [0.25, 0.3) is 5.56 Å². The predicted octanol–water partition coefficient (Wildman–Crippen LogP) is 2.55. The minimum Gasteiger partial charge on any atom is -0.459 e. The topological polar surface area (TPSA) is 63.9 Å². The first kappa shape index (κ1) is 18.3. The monoisotopic (exact) mass is 397 g/mol. The Morgan fingerprint density at radius 1 is 1.48 bits per heavy atom. The molecular formula is C16H19N3O3S3. The summed E-state index contributed by atoms with van der Waals surface area (Å²) in [6, 6.07) is 1.39. The molecular weight excluding hydrogens is 378 g/mol. The lowest BCUT2D eigenvalue weighted by atomic mass is 10.00. The smallest absolute Gasteiger partial charge is 0.316 e. The number of aromatic nitrogens is 2. The normalized spacial score (nSPS) is 15.5. The molecule has 0 spiro atoms. The zero-order valence-electron chi connectivity index (χ0n) is 13.8. The number of thiocarbonyl (C=S) groups is 1. The maximum Gasteiger partial charge on any atom is 0.316 e. The van der Waals surface area contributed by atoms with E-state index in [1.54, 1.807) is 11.6 Å². The average Bonchev–Trinajstić information content (AvgIpc) is 3.07. The lowest BCUT2D eigenvalue weighted by Crippen LogP contribution is -2.35. The van der Waals surface area contributed by atoms with E-state index in [1.807, 2.05) is 0 Å². The molecule has 2 aromatic heterocycles. The Kier molecular flexibility index (Phi) is 6.08. The van der Waals surface area contributed by atoms with Gasteiger partial charge in [-0.05, 0) is 18.8 Å². The molecule has 0 bridgehead atoms. The van der Waals surface area contributed by atoms with Crippen molar-refractivity contribution < 1.29 is 9.53 Å². The van der Waals surface area contributed by atoms with E-state index in [0.29, 0.717) is 10.7 Å². The number of hydrogen-bond donors (Lipinski definition) is 0. The van der Waals surface area contributed by atoms with E-state index in [1.165, 1.54) is 33.6 Å². The van der Waals surface area contributed by atoms with Crippen LogP contribution in [0, 0.1) is 5.92 Å². The van der Waals surface area contributed by atoms with Crippen molar-refractivity contribution in [2.45, 2.75) is 26.4 Å². The molecule has 0 aromatic carbocycles. The first-order chi connectivity index (χ1) is 12.0. The SMILES string of the molecule is CC1CCN(C(=S)SCC(=O)OCc2cc(=O)n3ccsc3n2)CC1. The number of likely N-dealkylation sites (tertiary alicyclic amines) is 1. The molecule has 134 valence electrons. The van der Waals surface area contributed by atoms with E-state index >= 15 is 0 Å². The maximum atomic E-state index is 11.9. The molecule has 0 N–H and O–H groups in total. The van der Waals surface area contributed by atoms with Crippen LogP contribution in [0.2, 0.25) is 0 Å². The minimum atomic E-state index is -0.356. The van der Waals surface area contributed by atoms with Crippen LogP contribution in [0.4, 0.5) is 0 Å². The second-order valence-electron chi connectivity index (χ2n) is 6.03. The molecule has 0 radical (unpaired) electrons. The van der Waals surface area contributed by atoms with Crippen LogP contribution in [-0.4, -0.2) is 43.4 Å². The zero-order chi connectivity index (χ0) is 17.8. The third-order valence-corrected chi connectivity index (χ3v) is 6.35. The van der Waals surface area contributed by atoms with Crippen LogP contribution in [0.25, 0.3) is 4.96 Å². The first-order valence-electron chi connectivity index (χ1n) is 8.06. The summed E-state index contributed by atoms with van der Waals surface area (Å²) >= 11 is 8.09. The molecule has 0 aliphatic carbocycles. The molecule has 0 amide bonds. The molecule has 1 aliphatic heterocycles. The fraction of sp³-hybridized carbons (Fsp3) is 0.500. The van der Waals surface area contributed by atoms with Gasteiger partial charge in [-0.15, -0.1) is 11.3 Å². The second kappa shape index (κ2) is 8.29. The lowest BCUT2D eigenvalue weighted by Gasteiger charge is -2.31. The number of thiazole rings is 1. The molecule has 1 saturated heterocycles. The Morgan fingerprint density at radius 3 is 3.00 bits per heavy atom. The highest BCUT2D eigenvalue weighted by Gasteiger charge is 2.19. The zero-order valence-corrected chi connectivity index (χ0v) is 16.3. The van der Waals surface area contributed by atoms with Gasteiger partial charge in [0, 0.05) is 30.7 Å². The molecule has 0 unspecified atom stereocenters. The highest BCUT2D eigenvalue weighted by atomic mass is 32.2. The Bertz CT molecular complexity index is 825. The maximum absolute atomic E-state index is 11.9. The van der Waals surface area contributed by atoms with Crippen LogP contribution in [0.3, 0.4) is 0 Å². The Morgan fingerprint density at radius 2 is 2.24 bits per heavy atom. The van der Waals surface area contributed by atoms with E-state index in [2.05, 4.69) is 16.8 Å². The Balaban J connectivity index is 1.46. The van der Waals surface area contributed by atoms with Crippen LogP contribution < -0.4 is 5.56 Å². The summed E-state index contributed by atoms with van der Waals surface area (Å²) in [5, 5.41) is 1.79. The van der Waals surface area contributed by atoms with Crippen molar-refractivity contribution in [3.63, 3.8) is 0 Å². The summed E-state index contributed by atoms with van der Waals surface area (Å²) in [5.41, 5.74) is 0.283. The average molecular weight is 398 g/mol. The van der Waals surface area contributed by atoms with Crippen LogP contribution in [0.15, 0.2) is 22.4 Å². The molecule has 25 heavy (non-hydrogen) atoms. The van der Waals surface area contributed by atoms with Gasteiger partial charge < -0.3 is 9.64 Å². The molecule has 3 rings (SSSR count). The van der Waals surface area contributed by atoms with E-state index in [-0.39, 0.29) is 23.9 Å². The van der Waals surface area contributed by atoms with E-state index in [0.717, 1.165) is 36.2 Å². The highest BCUT2D eigenvalue weighted by Crippen LogP contribution is 2.20. The largest absolute Gasteiger partial charge is 0.459 e. The molecule has 1 fully saturated rings. The van der Waals surface area contributed by atoms with Gasteiger partial charge in [-0.2, -0.15) is 0 Å². The number of fused-ring (bicyclic) bond motifs is 1. The van der Waals surface area contributed by atoms with Gasteiger partial charge in [0.05, 0.1) is 11.4 Å². The number of ether oxygens (including phenoxy) is 1. The van der Waals surface area contributed by atoms with Crippen LogP contribution >= 0.6 is 35.3 Å². The van der Waals surface area contributed by atoms with Crippen molar-refractivity contribution in [2.24, 2.45) is 5.92 Å². The number of piperidine rings is 1. The van der Waals surface area contributed by atoms with Crippen LogP contribution in [0.5, 0.6) is 0 Å². The van der Waals surface area contributed by atoms with E-state index < -0.39 is 0 Å². The van der Waals surface area contributed by atoms with Crippen LogP contribution in [0.1, 0.15) is 25.5 Å². The summed E-state index contributed by atoms with van der Waals surface area (Å²) in [6.07, 6.45) is 3.94. The molecule has 0 saturated carbocycles. The van der Waals surface area contributed by atoms with Crippen molar-refractivity contribution in [1.82, 2.24) is 14.3 Å². The number of thioether (sulfide) groups is 1. The minimum absolute atomic E-state index is 0.00295. The number of nitrogens with zero attached hydrogens (tertiary/aromatic N) is 3. The predicted molar refractivity (Wildman–Crippen MR) is 104 cm³/mol. The number of esters is 1. The number of carbonyl (C=O) groups excluding carboxylic acids is 1. The van der Waals surface area contributed by atoms with E-state index in [9.17, 15) is 9.59 Å². The number of hydrogen-bond acceptors (Lipinski definition) is 7. The fourth-order valence-corrected chi connectivity index (χ4v) is 4.35. The molecule has 2 aromatic rings. The first-order valence-corrected chi connectivity index (χ1v) is 10.3. The van der Waals surface area contributed by atoms with Crippen molar-refractivity contribution >= 4 is 50.6 Å². The molecule has 9 heteroatoms. The lowest BCUT2D eigenvalue weighted by molar-refractivity contribution is -0.141. The van der Waals surface area contributed by atoms with Gasteiger partial charge in [0.2, 0.25) is 0 Å². The van der Waals surface area contributed by atoms with Gasteiger partial charge in [-0.25, -0.2) is 4.98 Å². The van der Waals surface area contributed by atoms with Crippen molar-refractivity contribution in [3.8, 4) is 0 Å². The number of carbonyl (C=O) groups is 1. The summed E-state index contributed by atoms with van der Waals surface area (Å²) in [7, 11) is 0. The van der Waals surface area contributed by atoms with Crippen LogP contribution in [-0.2, 0) is 16.1 Å². The van der Waals surface area contributed by atoms with Crippen molar-refractivity contribution in [2.75, 3.05) is 18.8 Å². The van der Waals surface area contributed by atoms with Gasteiger partial charge in [-0.1, -0.05) is 30.9 Å². The van der Waals surface area contributed by atoms with Crippen molar-refractivity contribution in [3.05, 3.63) is 33.7 Å². The van der Waals surface area contributed by atoms with Gasteiger partial charge in [-0.3, -0.25) is 14.0 Å². The summed E-state index contributed by atoms with van der Waals surface area (Å²) in [6.45, 7) is 4.16. The summed E-state index contributed by atoms with van der Waals surface area (Å²) in [5.74, 6) is 0.558. The van der Waals surface area contributed by atoms with Gasteiger partial charge >= 0.3 is 5.97 Å². The third-order valence-electron chi connectivity index (χ3n) is 4.09. The molecule has 6 nitrogen and oxygen atoms in total. The Labute approximate surface area is 159 Å². The standard InChI is InChI=1S/C16H19N3O3S3/c1-11-2-4-18(5-3-11)16(23)25-10-14(21)22-9-12-8-13(20)19-6-7-24-15(19)17-12/h6-8,11H,2-5,9-10H2,1H3. The highest BCUT2D eigenvalue weighted by molar-refractivity contribution is 8.23. The Hall–Kier alpha value is -1.45.